The number of carboxylic acids is 1. The first-order valence-corrected chi connectivity index (χ1v) is 8.37. The van der Waals surface area contributed by atoms with E-state index in [0.717, 1.165) is 46.6 Å². The average molecular weight is 330 g/mol. The van der Waals surface area contributed by atoms with Crippen LogP contribution in [0.5, 0.6) is 5.75 Å². The second-order valence-corrected chi connectivity index (χ2v) is 6.24. The van der Waals surface area contributed by atoms with Gasteiger partial charge in [0, 0.05) is 6.42 Å². The van der Waals surface area contributed by atoms with Crippen molar-refractivity contribution in [2.24, 2.45) is 0 Å². The lowest BCUT2D eigenvalue weighted by Crippen LogP contribution is -1.99. The minimum atomic E-state index is -0.816. The molecule has 0 aromatic heterocycles. The second-order valence-electron chi connectivity index (χ2n) is 6.24. The molecule has 0 bridgehead atoms. The van der Waals surface area contributed by atoms with E-state index in [-0.39, 0.29) is 6.42 Å². The van der Waals surface area contributed by atoms with Crippen molar-refractivity contribution in [3.63, 3.8) is 0 Å². The van der Waals surface area contributed by atoms with Crippen molar-refractivity contribution in [3.05, 3.63) is 77.9 Å². The summed E-state index contributed by atoms with van der Waals surface area (Å²) < 4.78 is 5.60. The van der Waals surface area contributed by atoms with Crippen molar-refractivity contribution in [3.8, 4) is 28.0 Å². The zero-order chi connectivity index (χ0) is 17.2. The summed E-state index contributed by atoms with van der Waals surface area (Å²) >= 11 is 0. The summed E-state index contributed by atoms with van der Waals surface area (Å²) in [7, 11) is 0. The predicted octanol–water partition coefficient (Wildman–Crippen LogP) is 4.58. The van der Waals surface area contributed by atoms with Gasteiger partial charge in [-0.1, -0.05) is 54.6 Å². The molecule has 1 aliphatic rings. The Morgan fingerprint density at radius 2 is 1.68 bits per heavy atom. The van der Waals surface area contributed by atoms with Crippen LogP contribution in [-0.2, 0) is 17.6 Å². The van der Waals surface area contributed by atoms with Gasteiger partial charge in [0.05, 0.1) is 13.0 Å². The smallest absolute Gasteiger partial charge is 0.307 e. The molecular formula is C22H18O3. The number of carboxylic acid groups (broad SMARTS) is 1. The number of aliphatic carboxylic acids is 1. The van der Waals surface area contributed by atoms with Gasteiger partial charge in [0.1, 0.15) is 5.75 Å². The van der Waals surface area contributed by atoms with Crippen LogP contribution in [0.15, 0.2) is 66.7 Å². The highest BCUT2D eigenvalue weighted by molar-refractivity contribution is 5.84. The fraction of sp³-hybridized carbons (Fsp3) is 0.136. The van der Waals surface area contributed by atoms with E-state index in [4.69, 9.17) is 9.84 Å². The highest BCUT2D eigenvalue weighted by Gasteiger charge is 2.14. The van der Waals surface area contributed by atoms with Gasteiger partial charge in [-0.2, -0.15) is 0 Å². The third-order valence-corrected chi connectivity index (χ3v) is 4.52. The molecule has 0 radical (unpaired) electrons. The average Bonchev–Trinajstić information content (AvgIpc) is 3.09. The molecule has 0 amide bonds. The van der Waals surface area contributed by atoms with Gasteiger partial charge < -0.3 is 9.84 Å². The van der Waals surface area contributed by atoms with Crippen molar-refractivity contribution in [1.82, 2.24) is 0 Å². The molecule has 0 saturated carbocycles. The fourth-order valence-corrected chi connectivity index (χ4v) is 3.36. The SMILES string of the molecule is O=C(O)Cc1cccc(-c2ccccc2-c2ccc3c(c2)CCO3)c1. The van der Waals surface area contributed by atoms with E-state index < -0.39 is 5.97 Å². The molecule has 3 aromatic rings. The lowest BCUT2D eigenvalue weighted by molar-refractivity contribution is -0.136. The maximum atomic E-state index is 11.0. The zero-order valence-electron chi connectivity index (χ0n) is 13.7. The third-order valence-electron chi connectivity index (χ3n) is 4.52. The highest BCUT2D eigenvalue weighted by atomic mass is 16.5. The predicted molar refractivity (Wildman–Crippen MR) is 97.9 cm³/mol. The molecule has 1 aliphatic heterocycles. The zero-order valence-corrected chi connectivity index (χ0v) is 13.7. The summed E-state index contributed by atoms with van der Waals surface area (Å²) in [6, 6.07) is 22.3. The minimum absolute atomic E-state index is 0.0339. The van der Waals surface area contributed by atoms with Gasteiger partial charge in [0.15, 0.2) is 0 Å². The van der Waals surface area contributed by atoms with Crippen molar-refractivity contribution < 1.29 is 14.6 Å². The highest BCUT2D eigenvalue weighted by Crippen LogP contribution is 2.36. The van der Waals surface area contributed by atoms with Gasteiger partial charge >= 0.3 is 5.97 Å². The monoisotopic (exact) mass is 330 g/mol. The Labute approximate surface area is 146 Å². The summed E-state index contributed by atoms with van der Waals surface area (Å²) in [5.74, 6) is 0.161. The number of hydrogen-bond donors (Lipinski definition) is 1. The molecule has 4 rings (SSSR count). The van der Waals surface area contributed by atoms with Crippen LogP contribution < -0.4 is 4.74 Å². The van der Waals surface area contributed by atoms with Crippen LogP contribution in [0.25, 0.3) is 22.3 Å². The van der Waals surface area contributed by atoms with Crippen LogP contribution in [0.3, 0.4) is 0 Å². The molecule has 0 atom stereocenters. The molecule has 0 unspecified atom stereocenters. The number of benzene rings is 3. The molecule has 3 nitrogen and oxygen atoms in total. The number of rotatable bonds is 4. The van der Waals surface area contributed by atoms with Crippen molar-refractivity contribution in [2.75, 3.05) is 6.61 Å². The van der Waals surface area contributed by atoms with E-state index in [0.29, 0.717) is 0 Å². The maximum Gasteiger partial charge on any atom is 0.307 e. The summed E-state index contributed by atoms with van der Waals surface area (Å²) in [4.78, 5) is 11.0. The molecule has 0 saturated heterocycles. The standard InChI is InChI=1S/C22H18O3/c23-22(24)13-15-4-3-5-16(12-15)19-6-1-2-7-20(19)17-8-9-21-18(14-17)10-11-25-21/h1-9,12,14H,10-11,13H2,(H,23,24). The van der Waals surface area contributed by atoms with Crippen molar-refractivity contribution in [1.29, 1.82) is 0 Å². The molecule has 0 aliphatic carbocycles. The third kappa shape index (κ3) is 3.13. The van der Waals surface area contributed by atoms with Crippen LogP contribution in [0.4, 0.5) is 0 Å². The van der Waals surface area contributed by atoms with Crippen LogP contribution in [0, 0.1) is 0 Å². The minimum Gasteiger partial charge on any atom is -0.493 e. The Morgan fingerprint density at radius 1 is 0.920 bits per heavy atom. The second kappa shape index (κ2) is 6.44. The van der Waals surface area contributed by atoms with E-state index in [9.17, 15) is 4.79 Å². The van der Waals surface area contributed by atoms with E-state index in [2.05, 4.69) is 24.3 Å². The van der Waals surface area contributed by atoms with Crippen LogP contribution in [0.2, 0.25) is 0 Å². The normalized spacial score (nSPS) is 12.5. The molecular weight excluding hydrogens is 312 g/mol. The molecule has 1 heterocycles. The van der Waals surface area contributed by atoms with E-state index in [1.165, 1.54) is 5.56 Å². The van der Waals surface area contributed by atoms with Gasteiger partial charge in [-0.25, -0.2) is 0 Å². The van der Waals surface area contributed by atoms with Gasteiger partial charge in [-0.3, -0.25) is 4.79 Å². The first-order valence-electron chi connectivity index (χ1n) is 8.37. The number of hydrogen-bond acceptors (Lipinski definition) is 2. The Bertz CT molecular complexity index is 944. The topological polar surface area (TPSA) is 46.5 Å². The molecule has 1 N–H and O–H groups in total. The number of carbonyl (C=O) groups is 1. The van der Waals surface area contributed by atoms with Gasteiger partial charge in [0.2, 0.25) is 0 Å². The lowest BCUT2D eigenvalue weighted by Gasteiger charge is -2.12. The van der Waals surface area contributed by atoms with Gasteiger partial charge in [-0.05, 0) is 45.5 Å². The molecule has 0 fully saturated rings. The largest absolute Gasteiger partial charge is 0.493 e. The summed E-state index contributed by atoms with van der Waals surface area (Å²) in [5.41, 5.74) is 6.49. The van der Waals surface area contributed by atoms with Crippen LogP contribution in [-0.4, -0.2) is 17.7 Å². The Balaban J connectivity index is 1.78. The molecule has 3 heteroatoms. The Hall–Kier alpha value is -3.07. The van der Waals surface area contributed by atoms with E-state index in [1.54, 1.807) is 0 Å². The fourth-order valence-electron chi connectivity index (χ4n) is 3.36. The van der Waals surface area contributed by atoms with Gasteiger partial charge in [0.25, 0.3) is 0 Å². The molecule has 3 aromatic carbocycles. The van der Waals surface area contributed by atoms with Crippen molar-refractivity contribution in [2.45, 2.75) is 12.8 Å². The Kier molecular flexibility index (Phi) is 3.98. The lowest BCUT2D eigenvalue weighted by atomic mass is 9.92. The Morgan fingerprint density at radius 3 is 2.44 bits per heavy atom. The number of ether oxygens (including phenoxy) is 1. The molecule has 0 spiro atoms. The summed E-state index contributed by atoms with van der Waals surface area (Å²) in [5, 5.41) is 9.04. The number of fused-ring (bicyclic) bond motifs is 1. The molecule has 25 heavy (non-hydrogen) atoms. The van der Waals surface area contributed by atoms with E-state index in [1.807, 2.05) is 42.5 Å². The summed E-state index contributed by atoms with van der Waals surface area (Å²) in [6.45, 7) is 0.748. The molecule has 124 valence electrons. The van der Waals surface area contributed by atoms with Crippen molar-refractivity contribution >= 4 is 5.97 Å². The van der Waals surface area contributed by atoms with E-state index >= 15 is 0 Å². The first-order chi connectivity index (χ1) is 12.2. The van der Waals surface area contributed by atoms with Crippen LogP contribution in [0.1, 0.15) is 11.1 Å². The maximum absolute atomic E-state index is 11.0. The van der Waals surface area contributed by atoms with Gasteiger partial charge in [-0.15, -0.1) is 0 Å². The van der Waals surface area contributed by atoms with Crippen LogP contribution >= 0.6 is 0 Å². The summed E-state index contributed by atoms with van der Waals surface area (Å²) in [6.07, 6.45) is 0.978. The quantitative estimate of drug-likeness (QED) is 0.761. The first kappa shape index (κ1) is 15.5.